The van der Waals surface area contributed by atoms with Gasteiger partial charge in [0.2, 0.25) is 0 Å². The summed E-state index contributed by atoms with van der Waals surface area (Å²) in [5.74, 6) is 0. The SMILES string of the molecule is C=C[Si](C)(C)O[Si](O[Si](OCC)(OCC)OCC)(C1CCCCC1)C1CCCCC1. The molecule has 0 spiro atoms. The standard InChI is InChI=1S/C22H46O5Si3/c1-7-23-30(24-8-2,25-9-3)27-29(26-28(5,6)10-4,21-17-13-11-14-18-21)22-19-15-12-16-20-22/h10,21-22H,4,7-9,11-20H2,1-3,5-6H3. The molecule has 0 aromatic rings. The summed E-state index contributed by atoms with van der Waals surface area (Å²) in [7, 11) is -8.10. The summed E-state index contributed by atoms with van der Waals surface area (Å²) < 4.78 is 33.2. The van der Waals surface area contributed by atoms with Crippen LogP contribution in [0.1, 0.15) is 85.0 Å². The second kappa shape index (κ2) is 12.4. The highest BCUT2D eigenvalue weighted by Gasteiger charge is 2.62. The van der Waals surface area contributed by atoms with Crippen LogP contribution in [0.2, 0.25) is 24.2 Å². The van der Waals surface area contributed by atoms with E-state index in [1.165, 1.54) is 64.2 Å². The van der Waals surface area contributed by atoms with Crippen molar-refractivity contribution in [1.29, 1.82) is 0 Å². The van der Waals surface area contributed by atoms with Crippen LogP contribution in [0.4, 0.5) is 0 Å². The fourth-order valence-corrected chi connectivity index (χ4v) is 18.6. The van der Waals surface area contributed by atoms with Crippen LogP contribution in [0, 0.1) is 0 Å². The molecule has 0 aliphatic heterocycles. The summed E-state index contributed by atoms with van der Waals surface area (Å²) in [5, 5.41) is 0. The van der Waals surface area contributed by atoms with E-state index in [0.717, 1.165) is 0 Å². The molecule has 2 rings (SSSR count). The molecule has 0 aromatic heterocycles. The molecule has 0 unspecified atom stereocenters. The van der Waals surface area contributed by atoms with E-state index in [2.05, 4.69) is 25.4 Å². The van der Waals surface area contributed by atoms with E-state index in [0.29, 0.717) is 30.9 Å². The topological polar surface area (TPSA) is 46.2 Å². The molecule has 0 saturated heterocycles. The summed E-state index contributed by atoms with van der Waals surface area (Å²) in [6.07, 6.45) is 12.5. The molecule has 0 radical (unpaired) electrons. The van der Waals surface area contributed by atoms with Crippen molar-refractivity contribution >= 4 is 25.9 Å². The molecule has 2 fully saturated rings. The van der Waals surface area contributed by atoms with Gasteiger partial charge in [-0.25, -0.2) is 0 Å². The van der Waals surface area contributed by atoms with E-state index in [1.807, 2.05) is 20.8 Å². The van der Waals surface area contributed by atoms with Gasteiger partial charge in [0.15, 0.2) is 8.32 Å². The lowest BCUT2D eigenvalue weighted by molar-refractivity contribution is -0.00285. The van der Waals surface area contributed by atoms with Crippen LogP contribution in [0.5, 0.6) is 0 Å². The number of rotatable bonds is 13. The molecule has 8 heteroatoms. The van der Waals surface area contributed by atoms with Crippen LogP contribution in [0.25, 0.3) is 0 Å². The number of hydrogen-bond acceptors (Lipinski definition) is 5. The van der Waals surface area contributed by atoms with Crippen LogP contribution in [-0.4, -0.2) is 45.7 Å². The minimum atomic E-state index is -3.29. The zero-order chi connectivity index (χ0) is 22.1. The third-order valence-corrected chi connectivity index (χ3v) is 18.5. The Morgan fingerprint density at radius 1 is 0.700 bits per heavy atom. The lowest BCUT2D eigenvalue weighted by atomic mass is 9.99. The molecule has 30 heavy (non-hydrogen) atoms. The average molecular weight is 475 g/mol. The van der Waals surface area contributed by atoms with Gasteiger partial charge in [-0.3, -0.25) is 0 Å². The maximum absolute atomic E-state index is 7.28. The van der Waals surface area contributed by atoms with Crippen molar-refractivity contribution < 1.29 is 21.5 Å². The Labute approximate surface area is 188 Å². The van der Waals surface area contributed by atoms with Crippen LogP contribution >= 0.6 is 0 Å². The first-order chi connectivity index (χ1) is 14.4. The van der Waals surface area contributed by atoms with E-state index in [1.54, 1.807) is 0 Å². The van der Waals surface area contributed by atoms with E-state index < -0.39 is 25.9 Å². The van der Waals surface area contributed by atoms with Gasteiger partial charge in [-0.1, -0.05) is 44.2 Å². The van der Waals surface area contributed by atoms with Crippen LogP contribution in [0.3, 0.4) is 0 Å². The third kappa shape index (κ3) is 6.84. The van der Waals surface area contributed by atoms with Crippen molar-refractivity contribution in [3.05, 3.63) is 12.3 Å². The number of hydrogen-bond donors (Lipinski definition) is 0. The Bertz CT molecular complexity index is 470. The first-order valence-corrected chi connectivity index (χ1v) is 18.9. The van der Waals surface area contributed by atoms with Crippen molar-refractivity contribution in [3.8, 4) is 0 Å². The molecule has 2 saturated carbocycles. The van der Waals surface area contributed by atoms with Gasteiger partial charge >= 0.3 is 17.6 Å². The second-order valence-electron chi connectivity index (χ2n) is 9.20. The fourth-order valence-electron chi connectivity index (χ4n) is 5.09. The molecule has 5 nitrogen and oxygen atoms in total. The lowest BCUT2D eigenvalue weighted by Gasteiger charge is -2.50. The van der Waals surface area contributed by atoms with Gasteiger partial charge in [-0.2, -0.15) is 0 Å². The van der Waals surface area contributed by atoms with Gasteiger partial charge < -0.3 is 21.5 Å². The summed E-state index contributed by atoms with van der Waals surface area (Å²) in [4.78, 5) is 0. The molecule has 2 aliphatic rings. The minimum Gasteiger partial charge on any atom is -0.432 e. The van der Waals surface area contributed by atoms with E-state index >= 15 is 0 Å². The summed E-state index contributed by atoms with van der Waals surface area (Å²) in [6.45, 7) is 16.2. The van der Waals surface area contributed by atoms with Crippen molar-refractivity contribution in [2.24, 2.45) is 0 Å². The summed E-state index contributed by atoms with van der Waals surface area (Å²) in [5.41, 5.74) is 3.03. The maximum Gasteiger partial charge on any atom is 0.670 e. The molecule has 176 valence electrons. The zero-order valence-corrected chi connectivity index (χ0v) is 23.2. The quantitative estimate of drug-likeness (QED) is 0.281. The Hall–Kier alpha value is 0.191. The fraction of sp³-hybridized carbons (Fsp3) is 0.909. The molecule has 0 N–H and O–H groups in total. The monoisotopic (exact) mass is 474 g/mol. The van der Waals surface area contributed by atoms with E-state index in [4.69, 9.17) is 21.5 Å². The Morgan fingerprint density at radius 2 is 1.10 bits per heavy atom. The molecular formula is C22H46O5Si3. The molecule has 0 atom stereocenters. The zero-order valence-electron chi connectivity index (χ0n) is 20.2. The summed E-state index contributed by atoms with van der Waals surface area (Å²) in [6, 6.07) is 0. The largest absolute Gasteiger partial charge is 0.670 e. The van der Waals surface area contributed by atoms with Gasteiger partial charge in [0.05, 0.1) is 0 Å². The Morgan fingerprint density at radius 3 is 1.43 bits per heavy atom. The van der Waals surface area contributed by atoms with Gasteiger partial charge in [-0.15, -0.1) is 6.58 Å². The predicted molar refractivity (Wildman–Crippen MR) is 130 cm³/mol. The van der Waals surface area contributed by atoms with Crippen LogP contribution < -0.4 is 0 Å². The van der Waals surface area contributed by atoms with Crippen molar-refractivity contribution in [2.75, 3.05) is 19.8 Å². The van der Waals surface area contributed by atoms with Crippen molar-refractivity contribution in [2.45, 2.75) is 109 Å². The van der Waals surface area contributed by atoms with Gasteiger partial charge in [0, 0.05) is 30.9 Å². The lowest BCUT2D eigenvalue weighted by Crippen LogP contribution is -2.65. The predicted octanol–water partition coefficient (Wildman–Crippen LogP) is 6.61. The average Bonchev–Trinajstić information content (AvgIpc) is 2.75. The van der Waals surface area contributed by atoms with Gasteiger partial charge in [0.1, 0.15) is 0 Å². The molecule has 0 amide bonds. The molecule has 0 aromatic carbocycles. The van der Waals surface area contributed by atoms with E-state index in [9.17, 15) is 0 Å². The van der Waals surface area contributed by atoms with Crippen LogP contribution in [0.15, 0.2) is 12.3 Å². The Balaban J connectivity index is 2.54. The minimum absolute atomic E-state index is 0.481. The highest BCUT2D eigenvalue weighted by atomic mass is 28.5. The van der Waals surface area contributed by atoms with Crippen molar-refractivity contribution in [3.63, 3.8) is 0 Å². The van der Waals surface area contributed by atoms with Crippen molar-refractivity contribution in [1.82, 2.24) is 0 Å². The van der Waals surface area contributed by atoms with E-state index in [-0.39, 0.29) is 0 Å². The summed E-state index contributed by atoms with van der Waals surface area (Å²) >= 11 is 0. The molecule has 2 aliphatic carbocycles. The molecule has 0 bridgehead atoms. The highest BCUT2D eigenvalue weighted by molar-refractivity contribution is 6.89. The second-order valence-corrected chi connectivity index (χ2v) is 19.4. The van der Waals surface area contributed by atoms with Crippen LogP contribution in [-0.2, 0) is 21.5 Å². The normalized spacial score (nSPS) is 20.4. The molecular weight excluding hydrogens is 428 g/mol. The Kier molecular flexibility index (Phi) is 11.0. The smallest absolute Gasteiger partial charge is 0.432 e. The first-order valence-electron chi connectivity index (χ1n) is 12.3. The molecule has 0 heterocycles. The van der Waals surface area contributed by atoms with Gasteiger partial charge in [-0.05, 0) is 59.5 Å². The third-order valence-electron chi connectivity index (χ3n) is 6.51. The first kappa shape index (κ1) is 26.4. The maximum atomic E-state index is 7.28. The highest BCUT2D eigenvalue weighted by Crippen LogP contribution is 2.51. The van der Waals surface area contributed by atoms with Gasteiger partial charge in [0.25, 0.3) is 0 Å².